The minimum atomic E-state index is -1.81. The third kappa shape index (κ3) is 10.2. The van der Waals surface area contributed by atoms with Crippen molar-refractivity contribution in [2.45, 2.75) is 168 Å². The molecule has 2 aliphatic rings. The fourth-order valence-electron chi connectivity index (χ4n) is 4.79. The Hall–Kier alpha value is -1.32. The van der Waals surface area contributed by atoms with Crippen LogP contribution >= 0.6 is 0 Å². The maximum Gasteiger partial charge on any atom is 0.411 e. The standard InChI is InChI=1S/C18H37NO3Si.C12H23NO3/c1-16(2,3)22-15(20)19-14(11-12-18(19,7)8)13-21-23(9,10)17(4,5)6;1-11(2,3)16-10(15)13-9(8-14)6-7-12(13,4)5/h14H,11-13H2,1-10H3;9,14H,6-8H2,1-5H3/t14-;9-/m11/s1. The molecule has 2 aliphatic heterocycles. The molecule has 2 saturated heterocycles. The van der Waals surface area contributed by atoms with Crippen molar-refractivity contribution in [3.63, 3.8) is 0 Å². The number of hydrogen-bond acceptors (Lipinski definition) is 6. The van der Waals surface area contributed by atoms with E-state index in [1.807, 2.05) is 60.3 Å². The highest BCUT2D eigenvalue weighted by atomic mass is 28.4. The van der Waals surface area contributed by atoms with Crippen molar-refractivity contribution < 1.29 is 28.6 Å². The second-order valence-corrected chi connectivity index (χ2v) is 20.8. The van der Waals surface area contributed by atoms with Gasteiger partial charge in [-0.3, -0.25) is 9.80 Å². The second-order valence-electron chi connectivity index (χ2n) is 16.0. The first kappa shape index (κ1) is 35.7. The van der Waals surface area contributed by atoms with Crippen LogP contribution in [0.4, 0.5) is 9.59 Å². The summed E-state index contributed by atoms with van der Waals surface area (Å²) in [6, 6.07) is -0.00109. The van der Waals surface area contributed by atoms with E-state index in [1.165, 1.54) is 0 Å². The summed E-state index contributed by atoms with van der Waals surface area (Å²) >= 11 is 0. The Kier molecular flexibility index (Phi) is 11.2. The van der Waals surface area contributed by atoms with E-state index in [2.05, 4.69) is 47.7 Å². The van der Waals surface area contributed by atoms with Crippen molar-refractivity contribution in [1.29, 1.82) is 0 Å². The van der Waals surface area contributed by atoms with Crippen LogP contribution in [0.15, 0.2) is 0 Å². The van der Waals surface area contributed by atoms with E-state index >= 15 is 0 Å². The van der Waals surface area contributed by atoms with E-state index in [1.54, 1.807) is 4.90 Å². The van der Waals surface area contributed by atoms with Gasteiger partial charge in [0.2, 0.25) is 0 Å². The van der Waals surface area contributed by atoms with Gasteiger partial charge < -0.3 is 19.0 Å². The molecule has 9 heteroatoms. The highest BCUT2D eigenvalue weighted by Crippen LogP contribution is 2.39. The van der Waals surface area contributed by atoms with Crippen LogP contribution in [-0.4, -0.2) is 83.0 Å². The number of aliphatic hydroxyl groups is 1. The summed E-state index contributed by atoms with van der Waals surface area (Å²) < 4.78 is 17.4. The first-order chi connectivity index (χ1) is 17.2. The lowest BCUT2D eigenvalue weighted by atomic mass is 10.0. The highest BCUT2D eigenvalue weighted by molar-refractivity contribution is 6.74. The Morgan fingerprint density at radius 1 is 0.769 bits per heavy atom. The summed E-state index contributed by atoms with van der Waals surface area (Å²) in [5, 5.41) is 9.44. The van der Waals surface area contributed by atoms with Crippen LogP contribution in [0.5, 0.6) is 0 Å². The van der Waals surface area contributed by atoms with Gasteiger partial charge in [-0.05, 0) is 113 Å². The van der Waals surface area contributed by atoms with Gasteiger partial charge in [0.25, 0.3) is 0 Å². The van der Waals surface area contributed by atoms with Crippen LogP contribution < -0.4 is 0 Å². The summed E-state index contributed by atoms with van der Waals surface area (Å²) in [5.41, 5.74) is -1.37. The first-order valence-corrected chi connectivity index (χ1v) is 17.4. The molecule has 2 fully saturated rings. The summed E-state index contributed by atoms with van der Waals surface area (Å²) in [6.07, 6.45) is 3.15. The minimum absolute atomic E-state index is 0.00265. The quantitative estimate of drug-likeness (QED) is 0.355. The van der Waals surface area contributed by atoms with Gasteiger partial charge in [-0.2, -0.15) is 0 Å². The molecule has 2 heterocycles. The summed E-state index contributed by atoms with van der Waals surface area (Å²) in [4.78, 5) is 28.3. The molecule has 2 atom stereocenters. The molecule has 0 saturated carbocycles. The van der Waals surface area contributed by atoms with Crippen molar-refractivity contribution in [1.82, 2.24) is 9.80 Å². The van der Waals surface area contributed by atoms with Crippen LogP contribution in [-0.2, 0) is 13.9 Å². The van der Waals surface area contributed by atoms with Crippen molar-refractivity contribution in [3.8, 4) is 0 Å². The molecule has 0 aromatic rings. The van der Waals surface area contributed by atoms with Crippen LogP contribution in [0.2, 0.25) is 18.1 Å². The second kappa shape index (κ2) is 12.3. The maximum absolute atomic E-state index is 12.7. The van der Waals surface area contributed by atoms with E-state index < -0.39 is 19.5 Å². The molecule has 1 N–H and O–H groups in total. The lowest BCUT2D eigenvalue weighted by molar-refractivity contribution is -0.00313. The number of amides is 2. The molecule has 0 radical (unpaired) electrons. The molecule has 0 aromatic heterocycles. The summed E-state index contributed by atoms with van der Waals surface area (Å²) in [5.74, 6) is 0. The van der Waals surface area contributed by atoms with E-state index in [0.717, 1.165) is 25.7 Å². The highest BCUT2D eigenvalue weighted by Gasteiger charge is 2.46. The maximum atomic E-state index is 12.7. The number of ether oxygens (including phenoxy) is 2. The molecule has 0 bridgehead atoms. The van der Waals surface area contributed by atoms with Gasteiger partial charge in [0.05, 0.1) is 25.3 Å². The fourth-order valence-corrected chi connectivity index (χ4v) is 5.84. The van der Waals surface area contributed by atoms with Crippen LogP contribution in [0, 0.1) is 0 Å². The Bertz CT molecular complexity index is 836. The summed E-state index contributed by atoms with van der Waals surface area (Å²) in [7, 11) is -1.81. The summed E-state index contributed by atoms with van der Waals surface area (Å²) in [6.45, 7) is 31.4. The lowest BCUT2D eigenvalue weighted by Gasteiger charge is -2.40. The molecule has 230 valence electrons. The number of hydrogen-bond donors (Lipinski definition) is 1. The average Bonchev–Trinajstić information content (AvgIpc) is 3.17. The first-order valence-electron chi connectivity index (χ1n) is 14.5. The van der Waals surface area contributed by atoms with Crippen molar-refractivity contribution in [2.75, 3.05) is 13.2 Å². The molecule has 8 nitrogen and oxygen atoms in total. The van der Waals surface area contributed by atoms with Crippen molar-refractivity contribution in [2.24, 2.45) is 0 Å². The predicted molar refractivity (Wildman–Crippen MR) is 161 cm³/mol. The fraction of sp³-hybridized carbons (Fsp3) is 0.933. The largest absolute Gasteiger partial charge is 0.444 e. The van der Waals surface area contributed by atoms with Gasteiger partial charge in [0.15, 0.2) is 8.32 Å². The van der Waals surface area contributed by atoms with Crippen molar-refractivity contribution >= 4 is 20.5 Å². The van der Waals surface area contributed by atoms with Crippen LogP contribution in [0.1, 0.15) is 116 Å². The normalized spacial score (nSPS) is 23.3. The molecule has 2 amide bonds. The number of carbonyl (C=O) groups is 2. The molecule has 0 aromatic carbocycles. The molecule has 2 rings (SSSR count). The Balaban J connectivity index is 0.000000416. The minimum Gasteiger partial charge on any atom is -0.444 e. The van der Waals surface area contributed by atoms with E-state index in [4.69, 9.17) is 13.9 Å². The number of aliphatic hydroxyl groups excluding tert-OH is 1. The lowest BCUT2D eigenvalue weighted by Crippen LogP contribution is -2.52. The van der Waals surface area contributed by atoms with Crippen molar-refractivity contribution in [3.05, 3.63) is 0 Å². The van der Waals surface area contributed by atoms with Gasteiger partial charge >= 0.3 is 12.2 Å². The third-order valence-electron chi connectivity index (χ3n) is 8.05. The monoisotopic (exact) mass is 572 g/mol. The van der Waals surface area contributed by atoms with E-state index in [-0.39, 0.29) is 47.0 Å². The molecular weight excluding hydrogens is 512 g/mol. The van der Waals surface area contributed by atoms with Crippen LogP contribution in [0.3, 0.4) is 0 Å². The van der Waals surface area contributed by atoms with Crippen LogP contribution in [0.25, 0.3) is 0 Å². The topological polar surface area (TPSA) is 88.5 Å². The predicted octanol–water partition coefficient (Wildman–Crippen LogP) is 7.34. The Morgan fingerprint density at radius 3 is 1.46 bits per heavy atom. The molecule has 39 heavy (non-hydrogen) atoms. The smallest absolute Gasteiger partial charge is 0.411 e. The number of likely N-dealkylation sites (tertiary alicyclic amines) is 2. The number of carbonyl (C=O) groups excluding carboxylic acids is 2. The zero-order chi connectivity index (χ0) is 30.8. The van der Waals surface area contributed by atoms with E-state index in [9.17, 15) is 14.7 Å². The Labute approximate surface area is 240 Å². The molecular formula is C30H60N2O6Si. The van der Waals surface area contributed by atoms with Gasteiger partial charge in [0.1, 0.15) is 11.2 Å². The van der Waals surface area contributed by atoms with E-state index in [0.29, 0.717) is 6.61 Å². The van der Waals surface area contributed by atoms with Gasteiger partial charge in [-0.15, -0.1) is 0 Å². The van der Waals surface area contributed by atoms with Gasteiger partial charge in [-0.25, -0.2) is 9.59 Å². The molecule has 0 spiro atoms. The SMILES string of the molecule is CC(C)(C)OC(=O)N1[C@@H](CO)CCC1(C)C.CC(C)(C)OC(=O)N1[C@@H](CO[Si](C)(C)C(C)(C)C)CCC1(C)C. The molecule has 0 unspecified atom stereocenters. The molecule has 0 aliphatic carbocycles. The third-order valence-corrected chi connectivity index (χ3v) is 12.5. The number of rotatable bonds is 4. The Morgan fingerprint density at radius 2 is 1.13 bits per heavy atom. The zero-order valence-corrected chi connectivity index (χ0v) is 28.8. The van der Waals surface area contributed by atoms with Gasteiger partial charge in [-0.1, -0.05) is 20.8 Å². The zero-order valence-electron chi connectivity index (χ0n) is 27.8. The van der Waals surface area contributed by atoms with Gasteiger partial charge in [0, 0.05) is 11.1 Å². The average molecular weight is 573 g/mol. The number of nitrogens with zero attached hydrogens (tertiary/aromatic N) is 2.